The Bertz CT molecular complexity index is 907. The summed E-state index contributed by atoms with van der Waals surface area (Å²) in [6, 6.07) is 7.09. The number of nitrogens with zero attached hydrogens (tertiary/aromatic N) is 1. The van der Waals surface area contributed by atoms with E-state index in [2.05, 4.69) is 10.6 Å². The van der Waals surface area contributed by atoms with E-state index in [1.165, 1.54) is 25.2 Å². The molecule has 1 saturated heterocycles. The SMILES string of the molecule is COc1ccc(N2CC(NC(=O)Nc3ccc(F)c(F)c3)CC2=O)cc1OC. The molecular weight excluding hydrogens is 372 g/mol. The van der Waals surface area contributed by atoms with Gasteiger partial charge in [-0.15, -0.1) is 0 Å². The molecule has 3 amide bonds. The van der Waals surface area contributed by atoms with Gasteiger partial charge in [-0.05, 0) is 24.3 Å². The summed E-state index contributed by atoms with van der Waals surface area (Å²) in [6.07, 6.45) is 0.111. The van der Waals surface area contributed by atoms with E-state index in [1.807, 2.05) is 0 Å². The van der Waals surface area contributed by atoms with Crippen LogP contribution in [0.1, 0.15) is 6.42 Å². The van der Waals surface area contributed by atoms with Crippen molar-refractivity contribution in [3.8, 4) is 11.5 Å². The summed E-state index contributed by atoms with van der Waals surface area (Å²) < 4.78 is 36.6. The smallest absolute Gasteiger partial charge is 0.319 e. The maximum absolute atomic E-state index is 13.2. The number of nitrogens with one attached hydrogen (secondary N) is 2. The fraction of sp³-hybridized carbons (Fsp3) is 0.263. The molecule has 0 aliphatic carbocycles. The summed E-state index contributed by atoms with van der Waals surface area (Å²) in [5.74, 6) is -1.20. The number of carbonyl (C=O) groups excluding carboxylic acids is 2. The third-order valence-corrected chi connectivity index (χ3v) is 4.32. The molecule has 0 spiro atoms. The minimum atomic E-state index is -1.06. The van der Waals surface area contributed by atoms with Crippen LogP contribution >= 0.6 is 0 Å². The summed E-state index contributed by atoms with van der Waals surface area (Å²) in [4.78, 5) is 26.0. The molecule has 0 aromatic heterocycles. The zero-order valence-electron chi connectivity index (χ0n) is 15.3. The number of methoxy groups -OCH3 is 2. The van der Waals surface area contributed by atoms with Gasteiger partial charge in [-0.3, -0.25) is 4.79 Å². The predicted octanol–water partition coefficient (Wildman–Crippen LogP) is 2.91. The first-order valence-corrected chi connectivity index (χ1v) is 8.46. The van der Waals surface area contributed by atoms with E-state index in [0.717, 1.165) is 12.1 Å². The summed E-state index contributed by atoms with van der Waals surface area (Å²) in [5, 5.41) is 5.07. The minimum Gasteiger partial charge on any atom is -0.493 e. The monoisotopic (exact) mass is 391 g/mol. The number of rotatable bonds is 5. The molecule has 1 aliphatic heterocycles. The molecule has 9 heteroatoms. The van der Waals surface area contributed by atoms with E-state index in [9.17, 15) is 18.4 Å². The Kier molecular flexibility index (Phi) is 5.62. The molecule has 7 nitrogen and oxygen atoms in total. The van der Waals surface area contributed by atoms with Gasteiger partial charge in [-0.2, -0.15) is 0 Å². The van der Waals surface area contributed by atoms with E-state index in [-0.39, 0.29) is 24.6 Å². The first-order valence-electron chi connectivity index (χ1n) is 8.46. The lowest BCUT2D eigenvalue weighted by Gasteiger charge is -2.19. The van der Waals surface area contributed by atoms with Gasteiger partial charge in [-0.1, -0.05) is 0 Å². The highest BCUT2D eigenvalue weighted by Crippen LogP contribution is 2.33. The highest BCUT2D eigenvalue weighted by Gasteiger charge is 2.32. The van der Waals surface area contributed by atoms with Gasteiger partial charge in [0.15, 0.2) is 23.1 Å². The predicted molar refractivity (Wildman–Crippen MR) is 98.8 cm³/mol. The van der Waals surface area contributed by atoms with Gasteiger partial charge in [0, 0.05) is 36.5 Å². The van der Waals surface area contributed by atoms with Crippen LogP contribution in [0.4, 0.5) is 25.0 Å². The van der Waals surface area contributed by atoms with Crippen LogP contribution in [0.5, 0.6) is 11.5 Å². The number of amides is 3. The van der Waals surface area contributed by atoms with Crippen molar-refractivity contribution in [1.29, 1.82) is 0 Å². The highest BCUT2D eigenvalue weighted by molar-refractivity contribution is 5.98. The van der Waals surface area contributed by atoms with Gasteiger partial charge in [-0.25, -0.2) is 13.6 Å². The third-order valence-electron chi connectivity index (χ3n) is 4.32. The molecule has 2 aromatic rings. The second kappa shape index (κ2) is 8.12. The molecule has 1 aliphatic rings. The number of urea groups is 1. The topological polar surface area (TPSA) is 79.9 Å². The Balaban J connectivity index is 1.64. The van der Waals surface area contributed by atoms with E-state index < -0.39 is 23.7 Å². The van der Waals surface area contributed by atoms with Gasteiger partial charge in [0.25, 0.3) is 0 Å². The Morgan fingerprint density at radius 1 is 1.07 bits per heavy atom. The van der Waals surface area contributed by atoms with Crippen LogP contribution in [-0.4, -0.2) is 38.7 Å². The average molecular weight is 391 g/mol. The maximum atomic E-state index is 13.2. The zero-order chi connectivity index (χ0) is 20.3. The van der Waals surface area contributed by atoms with Crippen molar-refractivity contribution in [1.82, 2.24) is 5.32 Å². The number of anilines is 2. The van der Waals surface area contributed by atoms with E-state index in [4.69, 9.17) is 9.47 Å². The first kappa shape index (κ1) is 19.4. The number of carbonyl (C=O) groups is 2. The summed E-state index contributed by atoms with van der Waals surface area (Å²) in [7, 11) is 3.02. The number of hydrogen-bond acceptors (Lipinski definition) is 4. The molecule has 1 atom stereocenters. The van der Waals surface area contributed by atoms with Gasteiger partial charge in [0.1, 0.15) is 0 Å². The van der Waals surface area contributed by atoms with Crippen molar-refractivity contribution in [3.63, 3.8) is 0 Å². The average Bonchev–Trinajstić information content (AvgIpc) is 3.04. The largest absolute Gasteiger partial charge is 0.493 e. The van der Waals surface area contributed by atoms with E-state index in [0.29, 0.717) is 17.2 Å². The Hall–Kier alpha value is -3.36. The first-order chi connectivity index (χ1) is 13.4. The standard InChI is InChI=1S/C19H19F2N3O4/c1-27-16-6-4-13(9-17(16)28-2)24-10-12(8-18(24)25)23-19(26)22-11-3-5-14(20)15(21)7-11/h3-7,9,12H,8,10H2,1-2H3,(H2,22,23,26). The van der Waals surface area contributed by atoms with Crippen molar-refractivity contribution in [2.45, 2.75) is 12.5 Å². The lowest BCUT2D eigenvalue weighted by Crippen LogP contribution is -2.39. The van der Waals surface area contributed by atoms with Crippen molar-refractivity contribution in [3.05, 3.63) is 48.0 Å². The normalized spacial score (nSPS) is 16.1. The minimum absolute atomic E-state index is 0.109. The molecule has 2 aromatic carbocycles. The molecular formula is C19H19F2N3O4. The Labute approximate surface area is 160 Å². The molecule has 3 rings (SSSR count). The molecule has 0 saturated carbocycles. The summed E-state index contributed by atoms with van der Waals surface area (Å²) in [6.45, 7) is 0.263. The fourth-order valence-electron chi connectivity index (χ4n) is 2.97. The number of hydrogen-bond donors (Lipinski definition) is 2. The van der Waals surface area contributed by atoms with E-state index >= 15 is 0 Å². The fourth-order valence-corrected chi connectivity index (χ4v) is 2.97. The molecule has 148 valence electrons. The van der Waals surface area contributed by atoms with Crippen molar-refractivity contribution in [2.75, 3.05) is 31.0 Å². The summed E-state index contributed by atoms with van der Waals surface area (Å²) in [5.41, 5.74) is 0.727. The highest BCUT2D eigenvalue weighted by atomic mass is 19.2. The van der Waals surface area contributed by atoms with Crippen LogP contribution in [0.2, 0.25) is 0 Å². The summed E-state index contributed by atoms with van der Waals surface area (Å²) >= 11 is 0. The second-order valence-corrected chi connectivity index (χ2v) is 6.17. The van der Waals surface area contributed by atoms with Crippen molar-refractivity contribution >= 4 is 23.3 Å². The quantitative estimate of drug-likeness (QED) is 0.822. The van der Waals surface area contributed by atoms with Gasteiger partial charge in [0.05, 0.1) is 20.3 Å². The van der Waals surface area contributed by atoms with Crippen molar-refractivity contribution in [2.24, 2.45) is 0 Å². The van der Waals surface area contributed by atoms with Crippen LogP contribution in [0.25, 0.3) is 0 Å². The Morgan fingerprint density at radius 2 is 1.82 bits per heavy atom. The van der Waals surface area contributed by atoms with Crippen LogP contribution in [0.3, 0.4) is 0 Å². The molecule has 0 bridgehead atoms. The Morgan fingerprint density at radius 3 is 2.50 bits per heavy atom. The van der Waals surface area contributed by atoms with E-state index in [1.54, 1.807) is 18.2 Å². The number of ether oxygens (including phenoxy) is 2. The molecule has 1 unspecified atom stereocenters. The zero-order valence-corrected chi connectivity index (χ0v) is 15.3. The van der Waals surface area contributed by atoms with Gasteiger partial charge < -0.3 is 25.0 Å². The molecule has 28 heavy (non-hydrogen) atoms. The number of benzene rings is 2. The van der Waals surface area contributed by atoms with Crippen LogP contribution < -0.4 is 25.0 Å². The van der Waals surface area contributed by atoms with Gasteiger partial charge in [0.2, 0.25) is 5.91 Å². The molecule has 1 heterocycles. The van der Waals surface area contributed by atoms with Crippen LogP contribution in [-0.2, 0) is 4.79 Å². The van der Waals surface area contributed by atoms with Crippen LogP contribution in [0.15, 0.2) is 36.4 Å². The van der Waals surface area contributed by atoms with Gasteiger partial charge >= 0.3 is 6.03 Å². The maximum Gasteiger partial charge on any atom is 0.319 e. The van der Waals surface area contributed by atoms with Crippen molar-refractivity contribution < 1.29 is 27.8 Å². The molecule has 0 radical (unpaired) electrons. The second-order valence-electron chi connectivity index (χ2n) is 6.17. The lowest BCUT2D eigenvalue weighted by atomic mass is 10.2. The van der Waals surface area contributed by atoms with Crippen LogP contribution in [0, 0.1) is 11.6 Å². The molecule has 2 N–H and O–H groups in total. The molecule has 1 fully saturated rings. The third kappa shape index (κ3) is 4.13. The lowest BCUT2D eigenvalue weighted by molar-refractivity contribution is -0.117. The number of halogens is 2.